The Balaban J connectivity index is 1.82. The molecule has 184 valence electrons. The van der Waals surface area contributed by atoms with Gasteiger partial charge in [0, 0.05) is 16.8 Å². The lowest BCUT2D eigenvalue weighted by Gasteiger charge is -2.23. The van der Waals surface area contributed by atoms with Gasteiger partial charge in [-0.25, -0.2) is 22.6 Å². The first kappa shape index (κ1) is 24.7. The summed E-state index contributed by atoms with van der Waals surface area (Å²) >= 11 is 0. The number of nitrogens with zero attached hydrogens (tertiary/aromatic N) is 2. The van der Waals surface area contributed by atoms with E-state index in [9.17, 15) is 22.4 Å². The van der Waals surface area contributed by atoms with Gasteiger partial charge in [0.15, 0.2) is 0 Å². The van der Waals surface area contributed by atoms with Crippen LogP contribution >= 0.6 is 0 Å². The molecule has 0 aliphatic heterocycles. The molecular weight excluding hydrogens is 471 g/mol. The normalized spacial score (nSPS) is 14.3. The number of carbonyl (C=O) groups is 1. The van der Waals surface area contributed by atoms with E-state index in [1.165, 1.54) is 24.3 Å². The van der Waals surface area contributed by atoms with Crippen molar-refractivity contribution in [3.63, 3.8) is 0 Å². The van der Waals surface area contributed by atoms with Gasteiger partial charge in [0.25, 0.3) is 5.56 Å². The minimum atomic E-state index is -3.96. The van der Waals surface area contributed by atoms with E-state index in [1.807, 2.05) is 0 Å². The maximum absolute atomic E-state index is 13.4. The number of nitrogens with one attached hydrogen (secondary N) is 1. The number of anilines is 1. The van der Waals surface area contributed by atoms with Crippen LogP contribution in [0, 0.1) is 19.7 Å². The minimum absolute atomic E-state index is 0.0170. The second kappa shape index (κ2) is 9.35. The van der Waals surface area contributed by atoms with Gasteiger partial charge in [-0.2, -0.15) is 5.10 Å². The molecule has 3 aromatic rings. The maximum atomic E-state index is 13.4. The van der Waals surface area contributed by atoms with Gasteiger partial charge in [-0.15, -0.1) is 0 Å². The molecule has 1 aliphatic carbocycles. The second-order valence-electron chi connectivity index (χ2n) is 8.91. The van der Waals surface area contributed by atoms with Gasteiger partial charge < -0.3 is 5.32 Å². The van der Waals surface area contributed by atoms with Crippen molar-refractivity contribution in [1.82, 2.24) is 9.78 Å². The van der Waals surface area contributed by atoms with Gasteiger partial charge in [0.2, 0.25) is 15.9 Å². The minimum Gasteiger partial charge on any atom is -0.324 e. The Bertz CT molecular complexity index is 1500. The number of aryl methyl sites for hydroxylation is 2. The Kier molecular flexibility index (Phi) is 6.61. The zero-order chi connectivity index (χ0) is 25.5. The van der Waals surface area contributed by atoms with E-state index in [0.717, 1.165) is 23.1 Å². The highest BCUT2D eigenvalue weighted by Gasteiger charge is 2.26. The van der Waals surface area contributed by atoms with E-state index >= 15 is 0 Å². The number of primary sulfonamides is 1. The lowest BCUT2D eigenvalue weighted by Crippen LogP contribution is -2.37. The first-order valence-corrected chi connectivity index (χ1v) is 12.9. The van der Waals surface area contributed by atoms with Crippen LogP contribution in [0.4, 0.5) is 10.1 Å². The molecule has 10 heteroatoms. The van der Waals surface area contributed by atoms with Crippen molar-refractivity contribution in [1.29, 1.82) is 0 Å². The Labute approximate surface area is 203 Å². The number of amides is 1. The van der Waals surface area contributed by atoms with Crippen LogP contribution in [0.3, 0.4) is 0 Å². The number of benzene rings is 2. The highest BCUT2D eigenvalue weighted by molar-refractivity contribution is 7.89. The summed E-state index contributed by atoms with van der Waals surface area (Å²) in [6.45, 7) is 4.88. The van der Waals surface area contributed by atoms with Gasteiger partial charge in [0.1, 0.15) is 11.9 Å². The summed E-state index contributed by atoms with van der Waals surface area (Å²) in [5.41, 5.74) is 3.45. The van der Waals surface area contributed by atoms with E-state index in [1.54, 1.807) is 32.9 Å². The summed E-state index contributed by atoms with van der Waals surface area (Å²) < 4.78 is 38.8. The fourth-order valence-electron chi connectivity index (χ4n) is 4.42. The highest BCUT2D eigenvalue weighted by atomic mass is 32.2. The van der Waals surface area contributed by atoms with E-state index in [4.69, 9.17) is 5.14 Å². The van der Waals surface area contributed by atoms with Crippen LogP contribution in [0.5, 0.6) is 0 Å². The number of fused-ring (bicyclic) bond motifs is 1. The number of hydrogen-bond donors (Lipinski definition) is 2. The third kappa shape index (κ3) is 4.89. The summed E-state index contributed by atoms with van der Waals surface area (Å²) in [7, 11) is -3.96. The maximum Gasteiger partial charge on any atom is 0.271 e. The average Bonchev–Trinajstić information content (AvgIpc) is 2.80. The van der Waals surface area contributed by atoms with Crippen molar-refractivity contribution in [3.8, 4) is 11.3 Å². The first-order chi connectivity index (χ1) is 16.5. The summed E-state index contributed by atoms with van der Waals surface area (Å²) in [6, 6.07) is 7.89. The van der Waals surface area contributed by atoms with Crippen LogP contribution in [-0.4, -0.2) is 24.1 Å². The molecule has 0 bridgehead atoms. The third-order valence-corrected chi connectivity index (χ3v) is 7.44. The molecule has 2 aromatic carbocycles. The number of aromatic nitrogens is 2. The molecule has 8 nitrogen and oxygen atoms in total. The van der Waals surface area contributed by atoms with Crippen molar-refractivity contribution in [3.05, 3.63) is 74.8 Å². The standard InChI is InChI=1S/C25H27FN4O4S/c1-14-8-9-17(13-22(14)35(27,33)34)23-19-6-4-5-7-20(19)25(32)30(29-23)16(3)24(31)28-21-11-10-18(26)12-15(21)2/h8-13,16H,4-7H2,1-3H3,(H,28,31)(H2,27,33,34). The molecule has 1 amide bonds. The summed E-state index contributed by atoms with van der Waals surface area (Å²) in [4.78, 5) is 26.4. The Morgan fingerprint density at radius 1 is 1.09 bits per heavy atom. The second-order valence-corrected chi connectivity index (χ2v) is 10.4. The molecule has 0 saturated heterocycles. The molecule has 1 aromatic heterocycles. The molecule has 3 N–H and O–H groups in total. The molecule has 4 rings (SSSR count). The topological polar surface area (TPSA) is 124 Å². The molecule has 1 heterocycles. The van der Waals surface area contributed by atoms with E-state index in [0.29, 0.717) is 46.5 Å². The number of hydrogen-bond acceptors (Lipinski definition) is 5. The lowest BCUT2D eigenvalue weighted by molar-refractivity contribution is -0.119. The number of nitrogens with two attached hydrogens (primary N) is 1. The van der Waals surface area contributed by atoms with E-state index in [2.05, 4.69) is 10.4 Å². The van der Waals surface area contributed by atoms with Gasteiger partial charge in [-0.1, -0.05) is 12.1 Å². The molecule has 0 radical (unpaired) electrons. The van der Waals surface area contributed by atoms with Crippen LogP contribution in [0.25, 0.3) is 11.3 Å². The van der Waals surface area contributed by atoms with Crippen molar-refractivity contribution < 1.29 is 17.6 Å². The average molecular weight is 499 g/mol. The van der Waals surface area contributed by atoms with E-state index in [-0.39, 0.29) is 10.5 Å². The summed E-state index contributed by atoms with van der Waals surface area (Å²) in [5, 5.41) is 12.7. The van der Waals surface area contributed by atoms with Crippen LogP contribution in [0.1, 0.15) is 48.1 Å². The Morgan fingerprint density at radius 3 is 2.43 bits per heavy atom. The zero-order valence-electron chi connectivity index (χ0n) is 19.8. The molecule has 0 spiro atoms. The van der Waals surface area contributed by atoms with Crippen molar-refractivity contribution >= 4 is 21.6 Å². The number of sulfonamides is 1. The summed E-state index contributed by atoms with van der Waals surface area (Å²) in [6.07, 6.45) is 2.88. The number of carbonyl (C=O) groups excluding carboxylic acids is 1. The zero-order valence-corrected chi connectivity index (χ0v) is 20.6. The van der Waals surface area contributed by atoms with Gasteiger partial charge in [-0.3, -0.25) is 9.59 Å². The van der Waals surface area contributed by atoms with Crippen molar-refractivity contribution in [2.45, 2.75) is 57.4 Å². The quantitative estimate of drug-likeness (QED) is 0.558. The van der Waals surface area contributed by atoms with Crippen molar-refractivity contribution in [2.75, 3.05) is 5.32 Å². The van der Waals surface area contributed by atoms with E-state index < -0.39 is 27.8 Å². The monoisotopic (exact) mass is 498 g/mol. The molecule has 1 atom stereocenters. The lowest BCUT2D eigenvalue weighted by atomic mass is 9.89. The van der Waals surface area contributed by atoms with Gasteiger partial charge in [-0.05, 0) is 87.4 Å². The first-order valence-electron chi connectivity index (χ1n) is 11.3. The Hall–Kier alpha value is -3.37. The molecule has 1 unspecified atom stereocenters. The molecule has 0 fully saturated rings. The van der Waals surface area contributed by atoms with Crippen LogP contribution in [0.15, 0.2) is 46.1 Å². The largest absolute Gasteiger partial charge is 0.324 e. The smallest absolute Gasteiger partial charge is 0.271 e. The predicted octanol–water partition coefficient (Wildman–Crippen LogP) is 3.39. The highest BCUT2D eigenvalue weighted by Crippen LogP contribution is 2.31. The van der Waals surface area contributed by atoms with Crippen LogP contribution in [-0.2, 0) is 27.7 Å². The predicted molar refractivity (Wildman–Crippen MR) is 131 cm³/mol. The molecule has 1 aliphatic rings. The fourth-order valence-corrected chi connectivity index (χ4v) is 5.23. The van der Waals surface area contributed by atoms with Gasteiger partial charge >= 0.3 is 0 Å². The molecular formula is C25H27FN4O4S. The molecule has 35 heavy (non-hydrogen) atoms. The number of halogens is 1. The van der Waals surface area contributed by atoms with Crippen LogP contribution in [0.2, 0.25) is 0 Å². The number of rotatable bonds is 5. The third-order valence-electron chi connectivity index (χ3n) is 6.39. The van der Waals surface area contributed by atoms with Gasteiger partial charge in [0.05, 0.1) is 10.6 Å². The SMILES string of the molecule is Cc1cc(F)ccc1NC(=O)C(C)n1nc(-c2ccc(C)c(S(N)(=O)=O)c2)c2c(c1=O)CCCC2. The molecule has 0 saturated carbocycles. The van der Waals surface area contributed by atoms with Crippen molar-refractivity contribution in [2.24, 2.45) is 5.14 Å². The Morgan fingerprint density at radius 2 is 1.77 bits per heavy atom. The fraction of sp³-hybridized carbons (Fsp3) is 0.320. The van der Waals surface area contributed by atoms with Crippen LogP contribution < -0.4 is 16.0 Å². The summed E-state index contributed by atoms with van der Waals surface area (Å²) in [5.74, 6) is -0.895.